The summed E-state index contributed by atoms with van der Waals surface area (Å²) in [6.45, 7) is 2.13. The van der Waals surface area contributed by atoms with Crippen molar-refractivity contribution in [2.45, 2.75) is 13.0 Å². The number of hydrogen-bond acceptors (Lipinski definition) is 3. The SMILES string of the molecule is Cl.NCC1CCN(C(=O)Cn2c(=O)[nH]c3ccccc32)C1. The van der Waals surface area contributed by atoms with E-state index in [1.807, 2.05) is 24.3 Å². The van der Waals surface area contributed by atoms with E-state index in [1.165, 1.54) is 4.57 Å². The first-order chi connectivity index (χ1) is 9.69. The fourth-order valence-electron chi connectivity index (χ4n) is 2.75. The third-order valence-electron chi connectivity index (χ3n) is 3.95. The molecule has 1 saturated heterocycles. The van der Waals surface area contributed by atoms with Gasteiger partial charge in [0.15, 0.2) is 0 Å². The summed E-state index contributed by atoms with van der Waals surface area (Å²) in [6.07, 6.45) is 0.949. The number of nitrogens with two attached hydrogens (primary N) is 1. The maximum atomic E-state index is 12.3. The van der Waals surface area contributed by atoms with Gasteiger partial charge in [-0.25, -0.2) is 4.79 Å². The molecular weight excluding hydrogens is 292 g/mol. The molecule has 2 heterocycles. The monoisotopic (exact) mass is 310 g/mol. The number of nitrogens with one attached hydrogen (secondary N) is 1. The first-order valence-electron chi connectivity index (χ1n) is 6.84. The first-order valence-corrected chi connectivity index (χ1v) is 6.84. The van der Waals surface area contributed by atoms with Crippen LogP contribution < -0.4 is 11.4 Å². The van der Waals surface area contributed by atoms with Gasteiger partial charge in [0, 0.05) is 13.1 Å². The zero-order valence-electron chi connectivity index (χ0n) is 11.6. The Bertz CT molecular complexity index is 694. The number of aromatic amines is 1. The number of nitrogens with zero attached hydrogens (tertiary/aromatic N) is 2. The van der Waals surface area contributed by atoms with Crippen LogP contribution in [-0.4, -0.2) is 40.0 Å². The zero-order valence-corrected chi connectivity index (χ0v) is 12.4. The van der Waals surface area contributed by atoms with Crippen molar-refractivity contribution in [3.63, 3.8) is 0 Å². The molecule has 1 unspecified atom stereocenters. The third-order valence-corrected chi connectivity index (χ3v) is 3.95. The molecule has 21 heavy (non-hydrogen) atoms. The van der Waals surface area contributed by atoms with Gasteiger partial charge in [-0.1, -0.05) is 12.1 Å². The molecule has 6 nitrogen and oxygen atoms in total. The molecule has 1 fully saturated rings. The van der Waals surface area contributed by atoms with E-state index in [0.717, 1.165) is 24.0 Å². The van der Waals surface area contributed by atoms with E-state index in [9.17, 15) is 9.59 Å². The number of H-pyrrole nitrogens is 1. The van der Waals surface area contributed by atoms with E-state index in [-0.39, 0.29) is 30.5 Å². The smallest absolute Gasteiger partial charge is 0.326 e. The van der Waals surface area contributed by atoms with Gasteiger partial charge in [-0.15, -0.1) is 12.4 Å². The Hall–Kier alpha value is -1.79. The minimum absolute atomic E-state index is 0. The van der Waals surface area contributed by atoms with Crippen LogP contribution in [0.5, 0.6) is 0 Å². The van der Waals surface area contributed by atoms with Gasteiger partial charge < -0.3 is 15.6 Å². The summed E-state index contributed by atoms with van der Waals surface area (Å²) in [5.41, 5.74) is 6.91. The number of carbonyl (C=O) groups is 1. The summed E-state index contributed by atoms with van der Waals surface area (Å²) in [4.78, 5) is 28.8. The van der Waals surface area contributed by atoms with E-state index < -0.39 is 0 Å². The standard InChI is InChI=1S/C14H18N4O2.ClH/c15-7-10-5-6-17(8-10)13(19)9-18-12-4-2-1-3-11(12)16-14(18)20;/h1-4,10H,5-9,15H2,(H,16,20);1H. The Kier molecular flexibility index (Phi) is 4.69. The topological polar surface area (TPSA) is 84.1 Å². The minimum Gasteiger partial charge on any atom is -0.341 e. The van der Waals surface area contributed by atoms with Gasteiger partial charge in [0.1, 0.15) is 6.54 Å². The van der Waals surface area contributed by atoms with Gasteiger partial charge in [-0.3, -0.25) is 9.36 Å². The van der Waals surface area contributed by atoms with E-state index in [0.29, 0.717) is 19.0 Å². The lowest BCUT2D eigenvalue weighted by molar-refractivity contribution is -0.130. The average molecular weight is 311 g/mol. The first kappa shape index (κ1) is 15.6. The summed E-state index contributed by atoms with van der Waals surface area (Å²) < 4.78 is 1.49. The van der Waals surface area contributed by atoms with Crippen LogP contribution in [-0.2, 0) is 11.3 Å². The maximum Gasteiger partial charge on any atom is 0.326 e. The zero-order chi connectivity index (χ0) is 14.1. The van der Waals surface area contributed by atoms with Gasteiger partial charge >= 0.3 is 5.69 Å². The number of amides is 1. The molecule has 1 aliphatic rings. The van der Waals surface area contributed by atoms with Crippen LogP contribution in [0.4, 0.5) is 0 Å². The number of carbonyl (C=O) groups excluding carboxylic acids is 1. The quantitative estimate of drug-likeness (QED) is 0.869. The molecule has 0 radical (unpaired) electrons. The van der Waals surface area contributed by atoms with Gasteiger partial charge in [0.2, 0.25) is 5.91 Å². The lowest BCUT2D eigenvalue weighted by atomic mass is 10.1. The number of imidazole rings is 1. The molecule has 1 atom stereocenters. The number of rotatable bonds is 3. The summed E-state index contributed by atoms with van der Waals surface area (Å²) in [5, 5.41) is 0. The Balaban J connectivity index is 0.00000161. The van der Waals surface area contributed by atoms with Crippen molar-refractivity contribution in [1.82, 2.24) is 14.5 Å². The molecule has 114 valence electrons. The second kappa shape index (κ2) is 6.32. The van der Waals surface area contributed by atoms with Crippen LogP contribution in [0, 0.1) is 5.92 Å². The average Bonchev–Trinajstić information content (AvgIpc) is 3.04. The highest BCUT2D eigenvalue weighted by atomic mass is 35.5. The Labute approximate surface area is 128 Å². The summed E-state index contributed by atoms with van der Waals surface area (Å²) in [6, 6.07) is 7.39. The summed E-state index contributed by atoms with van der Waals surface area (Å²) >= 11 is 0. The van der Waals surface area contributed by atoms with Crippen LogP contribution in [0.2, 0.25) is 0 Å². The number of para-hydroxylation sites is 2. The Morgan fingerprint density at radius 3 is 2.86 bits per heavy atom. The molecule has 1 amide bonds. The number of hydrogen-bond donors (Lipinski definition) is 2. The number of likely N-dealkylation sites (tertiary alicyclic amines) is 1. The van der Waals surface area contributed by atoms with Crippen LogP contribution in [0.15, 0.2) is 29.1 Å². The predicted octanol–water partition coefficient (Wildman–Crippen LogP) is 0.559. The minimum atomic E-state index is -0.242. The van der Waals surface area contributed by atoms with Crippen LogP contribution >= 0.6 is 12.4 Å². The molecule has 0 saturated carbocycles. The molecule has 0 aliphatic carbocycles. The number of halogens is 1. The van der Waals surface area contributed by atoms with Crippen molar-refractivity contribution in [2.24, 2.45) is 11.7 Å². The number of benzene rings is 1. The largest absolute Gasteiger partial charge is 0.341 e. The van der Waals surface area contributed by atoms with E-state index in [1.54, 1.807) is 4.90 Å². The lowest BCUT2D eigenvalue weighted by Gasteiger charge is -2.16. The molecule has 3 rings (SSSR count). The van der Waals surface area contributed by atoms with Gasteiger partial charge in [-0.05, 0) is 31.0 Å². The third kappa shape index (κ3) is 2.96. The Morgan fingerprint density at radius 1 is 1.38 bits per heavy atom. The fraction of sp³-hybridized carbons (Fsp3) is 0.429. The van der Waals surface area contributed by atoms with Gasteiger partial charge in [0.05, 0.1) is 11.0 Å². The summed E-state index contributed by atoms with van der Waals surface area (Å²) in [7, 11) is 0. The van der Waals surface area contributed by atoms with Crippen LogP contribution in [0.1, 0.15) is 6.42 Å². The van der Waals surface area contributed by atoms with Gasteiger partial charge in [-0.2, -0.15) is 0 Å². The van der Waals surface area contributed by atoms with E-state index >= 15 is 0 Å². The highest BCUT2D eigenvalue weighted by Crippen LogP contribution is 2.16. The Morgan fingerprint density at radius 2 is 2.14 bits per heavy atom. The molecule has 0 spiro atoms. The van der Waals surface area contributed by atoms with E-state index in [4.69, 9.17) is 5.73 Å². The molecule has 0 bridgehead atoms. The van der Waals surface area contributed by atoms with Crippen molar-refractivity contribution in [2.75, 3.05) is 19.6 Å². The van der Waals surface area contributed by atoms with Crippen molar-refractivity contribution in [3.8, 4) is 0 Å². The maximum absolute atomic E-state index is 12.3. The molecule has 2 aromatic rings. The summed E-state index contributed by atoms with van der Waals surface area (Å²) in [5.74, 6) is 0.367. The van der Waals surface area contributed by atoms with Crippen molar-refractivity contribution < 1.29 is 4.79 Å². The molecule has 1 aliphatic heterocycles. The molecule has 7 heteroatoms. The van der Waals surface area contributed by atoms with Gasteiger partial charge in [0.25, 0.3) is 0 Å². The lowest BCUT2D eigenvalue weighted by Crippen LogP contribution is -2.35. The van der Waals surface area contributed by atoms with Crippen molar-refractivity contribution in [1.29, 1.82) is 0 Å². The molecule has 1 aromatic carbocycles. The second-order valence-electron chi connectivity index (χ2n) is 5.26. The predicted molar refractivity (Wildman–Crippen MR) is 83.5 cm³/mol. The fourth-order valence-corrected chi connectivity index (χ4v) is 2.75. The molecular formula is C14H19ClN4O2. The van der Waals surface area contributed by atoms with Crippen molar-refractivity contribution >= 4 is 29.3 Å². The molecule has 1 aromatic heterocycles. The number of fused-ring (bicyclic) bond motifs is 1. The van der Waals surface area contributed by atoms with Crippen LogP contribution in [0.3, 0.4) is 0 Å². The second-order valence-corrected chi connectivity index (χ2v) is 5.26. The molecule has 3 N–H and O–H groups in total. The highest BCUT2D eigenvalue weighted by molar-refractivity contribution is 5.85. The number of aromatic nitrogens is 2. The van der Waals surface area contributed by atoms with Crippen molar-refractivity contribution in [3.05, 3.63) is 34.7 Å². The normalized spacial score (nSPS) is 18.0. The van der Waals surface area contributed by atoms with E-state index in [2.05, 4.69) is 4.98 Å². The highest BCUT2D eigenvalue weighted by Gasteiger charge is 2.25. The van der Waals surface area contributed by atoms with Crippen LogP contribution in [0.25, 0.3) is 11.0 Å².